The molecule has 0 saturated carbocycles. The van der Waals surface area contributed by atoms with Gasteiger partial charge in [0.05, 0.1) is 6.42 Å². The first-order valence-corrected chi connectivity index (χ1v) is 5.00. The first kappa shape index (κ1) is 11.7. The zero-order valence-electron chi connectivity index (χ0n) is 8.86. The van der Waals surface area contributed by atoms with E-state index in [1.165, 1.54) is 0 Å². The fraction of sp³-hybridized carbons (Fsp3) is 0.273. The lowest BCUT2D eigenvalue weighted by molar-refractivity contribution is -0.127. The van der Waals surface area contributed by atoms with Gasteiger partial charge in [0.1, 0.15) is 4.99 Å². The predicted molar refractivity (Wildman–Crippen MR) is 64.7 cm³/mol. The molecule has 4 heteroatoms. The van der Waals surface area contributed by atoms with Gasteiger partial charge in [-0.05, 0) is 5.56 Å². The van der Waals surface area contributed by atoms with Gasteiger partial charge in [-0.15, -0.1) is 0 Å². The zero-order chi connectivity index (χ0) is 11.4. The number of nitrogens with zero attached hydrogens (tertiary/aromatic N) is 1. The molecule has 80 valence electrons. The van der Waals surface area contributed by atoms with Gasteiger partial charge >= 0.3 is 0 Å². The van der Waals surface area contributed by atoms with Gasteiger partial charge in [-0.2, -0.15) is 0 Å². The Morgan fingerprint density at radius 2 is 1.87 bits per heavy atom. The van der Waals surface area contributed by atoms with E-state index < -0.39 is 0 Å². The summed E-state index contributed by atoms with van der Waals surface area (Å²) >= 11 is 4.84. The van der Waals surface area contributed by atoms with E-state index in [-0.39, 0.29) is 5.91 Å². The number of hydrogen-bond donors (Lipinski definition) is 1. The van der Waals surface area contributed by atoms with E-state index in [1.807, 2.05) is 24.3 Å². The number of carbonyl (C=O) groups excluding carboxylic acids is 1. The third-order valence-electron chi connectivity index (χ3n) is 2.09. The summed E-state index contributed by atoms with van der Waals surface area (Å²) in [6, 6.07) is 7.41. The van der Waals surface area contributed by atoms with E-state index in [9.17, 15) is 4.79 Å². The largest absolute Gasteiger partial charge is 0.389 e. The van der Waals surface area contributed by atoms with Crippen LogP contribution in [0, 0.1) is 0 Å². The summed E-state index contributed by atoms with van der Waals surface area (Å²) in [5.74, 6) is 0.0816. The lowest BCUT2D eigenvalue weighted by Crippen LogP contribution is -2.23. The number of benzene rings is 1. The highest BCUT2D eigenvalue weighted by Gasteiger charge is 2.05. The van der Waals surface area contributed by atoms with Crippen LogP contribution in [-0.4, -0.2) is 29.9 Å². The van der Waals surface area contributed by atoms with Gasteiger partial charge in [-0.1, -0.05) is 36.5 Å². The second-order valence-electron chi connectivity index (χ2n) is 3.53. The van der Waals surface area contributed by atoms with Gasteiger partial charge < -0.3 is 10.6 Å². The zero-order valence-corrected chi connectivity index (χ0v) is 9.67. The molecule has 0 heterocycles. The smallest absolute Gasteiger partial charge is 0.226 e. The van der Waals surface area contributed by atoms with Crippen molar-refractivity contribution in [1.82, 2.24) is 4.90 Å². The molecule has 0 spiro atoms. The van der Waals surface area contributed by atoms with Gasteiger partial charge in [-0.25, -0.2) is 0 Å². The van der Waals surface area contributed by atoms with E-state index >= 15 is 0 Å². The monoisotopic (exact) mass is 222 g/mol. The Kier molecular flexibility index (Phi) is 3.80. The average molecular weight is 222 g/mol. The Bertz CT molecular complexity index is 371. The highest BCUT2D eigenvalue weighted by molar-refractivity contribution is 7.80. The molecule has 0 aliphatic rings. The lowest BCUT2D eigenvalue weighted by atomic mass is 10.1. The van der Waals surface area contributed by atoms with Gasteiger partial charge in [-0.3, -0.25) is 4.79 Å². The molecule has 0 aliphatic heterocycles. The van der Waals surface area contributed by atoms with Crippen molar-refractivity contribution in [3.8, 4) is 0 Å². The van der Waals surface area contributed by atoms with Crippen molar-refractivity contribution in [1.29, 1.82) is 0 Å². The van der Waals surface area contributed by atoms with Crippen LogP contribution in [0.1, 0.15) is 11.1 Å². The minimum Gasteiger partial charge on any atom is -0.389 e. The molecule has 0 aliphatic carbocycles. The van der Waals surface area contributed by atoms with Crippen LogP contribution in [0.4, 0.5) is 0 Å². The number of hydrogen-bond acceptors (Lipinski definition) is 2. The van der Waals surface area contributed by atoms with Crippen molar-refractivity contribution in [3.63, 3.8) is 0 Å². The van der Waals surface area contributed by atoms with Crippen LogP contribution in [0.25, 0.3) is 0 Å². The first-order valence-electron chi connectivity index (χ1n) is 4.59. The van der Waals surface area contributed by atoms with Crippen LogP contribution < -0.4 is 5.73 Å². The minimum absolute atomic E-state index is 0.0816. The summed E-state index contributed by atoms with van der Waals surface area (Å²) in [5, 5.41) is 0. The molecule has 1 aromatic carbocycles. The van der Waals surface area contributed by atoms with E-state index in [4.69, 9.17) is 18.0 Å². The van der Waals surface area contributed by atoms with Crippen molar-refractivity contribution >= 4 is 23.1 Å². The molecule has 2 N–H and O–H groups in total. The van der Waals surface area contributed by atoms with Crippen molar-refractivity contribution < 1.29 is 4.79 Å². The molecular weight excluding hydrogens is 208 g/mol. The number of carbonyl (C=O) groups is 1. The molecule has 0 bridgehead atoms. The fourth-order valence-corrected chi connectivity index (χ4v) is 1.26. The molecule has 3 nitrogen and oxygen atoms in total. The van der Waals surface area contributed by atoms with Crippen molar-refractivity contribution in [2.45, 2.75) is 6.42 Å². The van der Waals surface area contributed by atoms with Crippen molar-refractivity contribution in [2.24, 2.45) is 5.73 Å². The van der Waals surface area contributed by atoms with Crippen molar-refractivity contribution in [3.05, 3.63) is 35.4 Å². The SMILES string of the molecule is CN(C)C(=O)Cc1ccc(C(N)=S)cc1. The summed E-state index contributed by atoms with van der Waals surface area (Å²) in [7, 11) is 3.48. The number of nitrogens with two attached hydrogens (primary N) is 1. The third-order valence-corrected chi connectivity index (χ3v) is 2.33. The summed E-state index contributed by atoms with van der Waals surface area (Å²) in [4.78, 5) is 13.4. The molecule has 0 unspecified atom stereocenters. The lowest BCUT2D eigenvalue weighted by Gasteiger charge is -2.10. The molecule has 0 saturated heterocycles. The molecule has 0 radical (unpaired) electrons. The minimum atomic E-state index is 0.0816. The Hall–Kier alpha value is -1.42. The molecule has 0 aromatic heterocycles. The second kappa shape index (κ2) is 4.89. The molecule has 1 rings (SSSR count). The normalized spacial score (nSPS) is 9.73. The first-order chi connectivity index (χ1) is 7.00. The predicted octanol–water partition coefficient (Wildman–Crippen LogP) is 0.952. The van der Waals surface area contributed by atoms with Crippen LogP contribution in [0.3, 0.4) is 0 Å². The van der Waals surface area contributed by atoms with Crippen LogP contribution in [0.2, 0.25) is 0 Å². The molecule has 0 fully saturated rings. The highest BCUT2D eigenvalue weighted by Crippen LogP contribution is 2.06. The molecule has 0 atom stereocenters. The van der Waals surface area contributed by atoms with Gasteiger partial charge in [0.2, 0.25) is 5.91 Å². The van der Waals surface area contributed by atoms with Crippen LogP contribution >= 0.6 is 12.2 Å². The van der Waals surface area contributed by atoms with E-state index in [1.54, 1.807) is 19.0 Å². The van der Waals surface area contributed by atoms with E-state index in [2.05, 4.69) is 0 Å². The highest BCUT2D eigenvalue weighted by atomic mass is 32.1. The maximum Gasteiger partial charge on any atom is 0.226 e. The summed E-state index contributed by atoms with van der Waals surface area (Å²) < 4.78 is 0. The molecular formula is C11H14N2OS. The molecule has 1 aromatic rings. The standard InChI is InChI=1S/C11H14N2OS/c1-13(2)10(14)7-8-3-5-9(6-4-8)11(12)15/h3-6H,7H2,1-2H3,(H2,12,15). The van der Waals surface area contributed by atoms with Crippen LogP contribution in [0.5, 0.6) is 0 Å². The summed E-state index contributed by atoms with van der Waals surface area (Å²) in [6.07, 6.45) is 0.407. The number of thiocarbonyl (C=S) groups is 1. The van der Waals surface area contributed by atoms with Gasteiger partial charge in [0.15, 0.2) is 0 Å². The quantitative estimate of drug-likeness (QED) is 0.775. The summed E-state index contributed by atoms with van der Waals surface area (Å²) in [6.45, 7) is 0. The Labute approximate surface area is 94.9 Å². The van der Waals surface area contributed by atoms with E-state index in [0.29, 0.717) is 11.4 Å². The van der Waals surface area contributed by atoms with E-state index in [0.717, 1.165) is 11.1 Å². The number of rotatable bonds is 3. The molecule has 1 amide bonds. The maximum atomic E-state index is 11.4. The van der Waals surface area contributed by atoms with Crippen LogP contribution in [0.15, 0.2) is 24.3 Å². The summed E-state index contributed by atoms with van der Waals surface area (Å²) in [5.41, 5.74) is 7.26. The topological polar surface area (TPSA) is 46.3 Å². The average Bonchev–Trinajstić information content (AvgIpc) is 2.18. The maximum absolute atomic E-state index is 11.4. The number of amides is 1. The van der Waals surface area contributed by atoms with Crippen LogP contribution in [-0.2, 0) is 11.2 Å². The third kappa shape index (κ3) is 3.32. The fourth-order valence-electron chi connectivity index (χ4n) is 1.12. The second-order valence-corrected chi connectivity index (χ2v) is 3.97. The Morgan fingerprint density at radius 3 is 2.27 bits per heavy atom. The van der Waals surface area contributed by atoms with Gasteiger partial charge in [0.25, 0.3) is 0 Å². The Morgan fingerprint density at radius 1 is 1.33 bits per heavy atom. The van der Waals surface area contributed by atoms with Crippen molar-refractivity contribution in [2.75, 3.05) is 14.1 Å². The van der Waals surface area contributed by atoms with Gasteiger partial charge in [0, 0.05) is 19.7 Å². The number of likely N-dealkylation sites (N-methyl/N-ethyl adjacent to an activating group) is 1. The molecule has 15 heavy (non-hydrogen) atoms. The Balaban J connectivity index is 2.73.